The van der Waals surface area contributed by atoms with Crippen LogP contribution in [0.2, 0.25) is 0 Å². The van der Waals surface area contributed by atoms with E-state index in [9.17, 15) is 34.1 Å². The Hall–Kier alpha value is -5.19. The molecule has 0 unspecified atom stereocenters. The molecule has 0 fully saturated rings. The quantitative estimate of drug-likeness (QED) is 0.360. The van der Waals surface area contributed by atoms with Crippen LogP contribution in [0.4, 0.5) is 11.4 Å². The Morgan fingerprint density at radius 3 is 2.00 bits per heavy atom. The summed E-state index contributed by atoms with van der Waals surface area (Å²) in [5, 5.41) is 11.6. The lowest BCUT2D eigenvalue weighted by atomic mass is 10.1. The maximum atomic E-state index is 12.9. The van der Waals surface area contributed by atoms with E-state index in [1.807, 2.05) is 0 Å². The fourth-order valence-electron chi connectivity index (χ4n) is 3.82. The number of amides is 5. The van der Waals surface area contributed by atoms with Crippen LogP contribution in [-0.4, -0.2) is 39.5 Å². The summed E-state index contributed by atoms with van der Waals surface area (Å²) in [6.07, 6.45) is 0. The Kier molecular flexibility index (Phi) is 4.53. The molecule has 3 aromatic rings. The van der Waals surface area contributed by atoms with Crippen LogP contribution in [0, 0.1) is 10.1 Å². The predicted octanol–water partition coefficient (Wildman–Crippen LogP) is 2.34. The van der Waals surface area contributed by atoms with Gasteiger partial charge in [0.25, 0.3) is 35.2 Å². The molecule has 0 saturated carbocycles. The molecule has 5 amide bonds. The van der Waals surface area contributed by atoms with Gasteiger partial charge in [0.2, 0.25) is 0 Å². The molecule has 2 aliphatic heterocycles. The van der Waals surface area contributed by atoms with Crippen LogP contribution in [-0.2, 0) is 0 Å². The van der Waals surface area contributed by atoms with E-state index in [1.165, 1.54) is 48.5 Å². The predicted molar refractivity (Wildman–Crippen MR) is 115 cm³/mol. The van der Waals surface area contributed by atoms with E-state index in [0.717, 1.165) is 11.0 Å². The van der Waals surface area contributed by atoms with E-state index in [2.05, 4.69) is 5.43 Å². The number of hydrazine groups is 1. The van der Waals surface area contributed by atoms with Crippen LogP contribution in [0.5, 0.6) is 0 Å². The number of rotatable bonds is 4. The fourth-order valence-corrected chi connectivity index (χ4v) is 3.82. The minimum atomic E-state index is -0.841. The number of benzene rings is 3. The largest absolute Gasteiger partial charge is 0.280 e. The Morgan fingerprint density at radius 2 is 1.35 bits per heavy atom. The number of fused-ring (bicyclic) bond motifs is 2. The highest BCUT2D eigenvalue weighted by molar-refractivity contribution is 6.34. The van der Waals surface area contributed by atoms with Crippen molar-refractivity contribution in [3.63, 3.8) is 0 Å². The lowest BCUT2D eigenvalue weighted by molar-refractivity contribution is -0.384. The molecule has 0 saturated heterocycles. The molecule has 2 heterocycles. The smallest absolute Gasteiger partial charge is 0.268 e. The molecule has 0 radical (unpaired) electrons. The molecule has 2 aliphatic rings. The Bertz CT molecular complexity index is 1440. The number of hydrogen-bond donors (Lipinski definition) is 1. The first-order valence-corrected chi connectivity index (χ1v) is 9.84. The summed E-state index contributed by atoms with van der Waals surface area (Å²) >= 11 is 0. The molecule has 0 atom stereocenters. The van der Waals surface area contributed by atoms with E-state index >= 15 is 0 Å². The molecule has 11 nitrogen and oxygen atoms in total. The van der Waals surface area contributed by atoms with Gasteiger partial charge >= 0.3 is 0 Å². The standard InChI is InChI=1S/C23H12N4O7/c28-19(24-26-22(31)15-6-1-2-7-16(15)23(26)32)12-8-9-17-18(10-12)21(30)25(20(17)29)13-4-3-5-14(11-13)27(33)34/h1-11H,(H,24,28). The van der Waals surface area contributed by atoms with Gasteiger partial charge < -0.3 is 0 Å². The lowest BCUT2D eigenvalue weighted by Crippen LogP contribution is -2.45. The minimum absolute atomic E-state index is 0.00814. The van der Waals surface area contributed by atoms with Gasteiger partial charge in [-0.2, -0.15) is 5.01 Å². The Labute approximate surface area is 190 Å². The maximum Gasteiger partial charge on any atom is 0.280 e. The monoisotopic (exact) mass is 456 g/mol. The van der Waals surface area contributed by atoms with Crippen molar-refractivity contribution in [2.45, 2.75) is 0 Å². The number of nitrogens with zero attached hydrogens (tertiary/aromatic N) is 3. The number of carbonyl (C=O) groups is 5. The van der Waals surface area contributed by atoms with Gasteiger partial charge in [0, 0.05) is 17.7 Å². The molecule has 1 N–H and O–H groups in total. The topological polar surface area (TPSA) is 147 Å². The van der Waals surface area contributed by atoms with Crippen molar-refractivity contribution in [1.29, 1.82) is 0 Å². The molecule has 0 aliphatic carbocycles. The minimum Gasteiger partial charge on any atom is -0.268 e. The molecule has 5 rings (SSSR count). The van der Waals surface area contributed by atoms with Gasteiger partial charge in [-0.05, 0) is 36.4 Å². The summed E-state index contributed by atoms with van der Waals surface area (Å²) in [6.45, 7) is 0. The van der Waals surface area contributed by atoms with Crippen molar-refractivity contribution < 1.29 is 28.9 Å². The average Bonchev–Trinajstić information content (AvgIpc) is 3.24. The Morgan fingerprint density at radius 1 is 0.735 bits per heavy atom. The fraction of sp³-hybridized carbons (Fsp3) is 0. The highest BCUT2D eigenvalue weighted by atomic mass is 16.6. The van der Waals surface area contributed by atoms with Crippen molar-refractivity contribution in [2.75, 3.05) is 4.90 Å². The van der Waals surface area contributed by atoms with E-state index in [-0.39, 0.29) is 39.2 Å². The highest BCUT2D eigenvalue weighted by Gasteiger charge is 2.39. The number of anilines is 1. The first kappa shape index (κ1) is 20.7. The normalized spacial score (nSPS) is 14.4. The van der Waals surface area contributed by atoms with E-state index in [4.69, 9.17) is 0 Å². The first-order chi connectivity index (χ1) is 16.3. The summed E-state index contributed by atoms with van der Waals surface area (Å²) < 4.78 is 0. The van der Waals surface area contributed by atoms with E-state index in [0.29, 0.717) is 5.01 Å². The average molecular weight is 456 g/mol. The van der Waals surface area contributed by atoms with E-state index < -0.39 is 34.5 Å². The van der Waals surface area contributed by atoms with Crippen molar-refractivity contribution in [2.24, 2.45) is 0 Å². The van der Waals surface area contributed by atoms with Crippen molar-refractivity contribution in [1.82, 2.24) is 10.4 Å². The van der Waals surface area contributed by atoms with Gasteiger partial charge in [-0.15, -0.1) is 0 Å². The van der Waals surface area contributed by atoms with Crippen LogP contribution < -0.4 is 10.3 Å². The summed E-state index contributed by atoms with van der Waals surface area (Å²) in [6, 6.07) is 14.9. The maximum absolute atomic E-state index is 12.9. The first-order valence-electron chi connectivity index (χ1n) is 9.84. The third-order valence-electron chi connectivity index (χ3n) is 5.45. The molecular formula is C23H12N4O7. The van der Waals surface area contributed by atoms with Crippen LogP contribution in [0.15, 0.2) is 66.7 Å². The molecule has 0 bridgehead atoms. The second kappa shape index (κ2) is 7.45. The van der Waals surface area contributed by atoms with Gasteiger partial charge in [0.1, 0.15) is 0 Å². The summed E-state index contributed by atoms with van der Waals surface area (Å²) in [5.41, 5.74) is 2.09. The number of imide groups is 2. The lowest BCUT2D eigenvalue weighted by Gasteiger charge is -2.15. The SMILES string of the molecule is O=C(NN1C(=O)c2ccccc2C1=O)c1ccc2c(c1)C(=O)N(c1cccc([N+](=O)[O-])c1)C2=O. The number of nitro groups is 1. The Balaban J connectivity index is 1.42. The summed E-state index contributed by atoms with van der Waals surface area (Å²) in [7, 11) is 0. The van der Waals surface area contributed by atoms with Crippen molar-refractivity contribution in [3.05, 3.63) is 105 Å². The zero-order valence-electron chi connectivity index (χ0n) is 17.1. The molecule has 166 valence electrons. The van der Waals surface area contributed by atoms with Gasteiger partial charge in [0.15, 0.2) is 0 Å². The van der Waals surface area contributed by atoms with Crippen LogP contribution in [0.25, 0.3) is 0 Å². The number of carbonyl (C=O) groups excluding carboxylic acids is 5. The molecule has 3 aromatic carbocycles. The van der Waals surface area contributed by atoms with Gasteiger partial charge in [-0.1, -0.05) is 18.2 Å². The molecular weight excluding hydrogens is 444 g/mol. The molecule has 34 heavy (non-hydrogen) atoms. The molecule has 0 spiro atoms. The summed E-state index contributed by atoms with van der Waals surface area (Å²) in [5.74, 6) is -3.70. The number of hydrogen-bond acceptors (Lipinski definition) is 7. The third-order valence-corrected chi connectivity index (χ3v) is 5.45. The van der Waals surface area contributed by atoms with Gasteiger partial charge in [-0.25, -0.2) is 4.90 Å². The second-order valence-corrected chi connectivity index (χ2v) is 7.42. The van der Waals surface area contributed by atoms with Crippen LogP contribution in [0.3, 0.4) is 0 Å². The zero-order chi connectivity index (χ0) is 24.1. The zero-order valence-corrected chi connectivity index (χ0v) is 17.1. The second-order valence-electron chi connectivity index (χ2n) is 7.42. The number of non-ortho nitro benzene ring substituents is 1. The van der Waals surface area contributed by atoms with Crippen LogP contribution >= 0.6 is 0 Å². The van der Waals surface area contributed by atoms with Crippen molar-refractivity contribution in [3.8, 4) is 0 Å². The summed E-state index contributed by atoms with van der Waals surface area (Å²) in [4.78, 5) is 74.6. The number of nitrogens with one attached hydrogen (secondary N) is 1. The van der Waals surface area contributed by atoms with Crippen LogP contribution in [0.1, 0.15) is 51.8 Å². The number of nitro benzene ring substituents is 1. The van der Waals surface area contributed by atoms with Crippen molar-refractivity contribution >= 4 is 40.9 Å². The van der Waals surface area contributed by atoms with E-state index in [1.54, 1.807) is 12.1 Å². The third kappa shape index (κ3) is 3.03. The molecule has 0 aromatic heterocycles. The van der Waals surface area contributed by atoms with Gasteiger partial charge in [-0.3, -0.25) is 39.5 Å². The molecule has 11 heteroatoms. The highest BCUT2D eigenvalue weighted by Crippen LogP contribution is 2.31. The van der Waals surface area contributed by atoms with Gasteiger partial charge in [0.05, 0.1) is 32.9 Å².